The fraction of sp³-hybridized carbons (Fsp3) is 0.107. The van der Waals surface area contributed by atoms with Gasteiger partial charge in [-0.3, -0.25) is 4.79 Å². The van der Waals surface area contributed by atoms with E-state index in [-0.39, 0.29) is 18.2 Å². The van der Waals surface area contributed by atoms with Gasteiger partial charge in [-0.25, -0.2) is 0 Å². The Morgan fingerprint density at radius 3 is 1.29 bits per heavy atom. The van der Waals surface area contributed by atoms with Crippen molar-refractivity contribution in [3.63, 3.8) is 0 Å². The molecule has 3 heteroatoms. The second kappa shape index (κ2) is 11.0. The molecule has 0 aliphatic carbocycles. The van der Waals surface area contributed by atoms with E-state index in [9.17, 15) is 4.79 Å². The summed E-state index contributed by atoms with van der Waals surface area (Å²) in [6.45, 7) is 0. The summed E-state index contributed by atoms with van der Waals surface area (Å²) in [6.07, 6.45) is 2.40. The van der Waals surface area contributed by atoms with E-state index in [1.54, 1.807) is 0 Å². The molecule has 0 atom stereocenters. The van der Waals surface area contributed by atoms with Gasteiger partial charge in [0.05, 0.1) is 6.16 Å². The first-order valence-electron chi connectivity index (χ1n) is 10.4. The summed E-state index contributed by atoms with van der Waals surface area (Å²) in [5.74, 6) is 0.225. The number of hydrogen-bond acceptors (Lipinski definition) is 1. The summed E-state index contributed by atoms with van der Waals surface area (Å²) in [5.41, 5.74) is 0.806. The Bertz CT molecular complexity index is 970. The van der Waals surface area contributed by atoms with Crippen LogP contribution in [-0.4, -0.2) is 11.9 Å². The zero-order chi connectivity index (χ0) is 20.7. The van der Waals surface area contributed by atoms with E-state index in [4.69, 9.17) is 0 Å². The molecule has 0 fully saturated rings. The highest BCUT2D eigenvalue weighted by Crippen LogP contribution is 2.55. The Kier molecular flexibility index (Phi) is 8.18. The van der Waals surface area contributed by atoms with E-state index in [0.717, 1.165) is 18.1 Å². The maximum atomic E-state index is 12.8. The van der Waals surface area contributed by atoms with Crippen LogP contribution in [0.3, 0.4) is 0 Å². The van der Waals surface area contributed by atoms with Crippen molar-refractivity contribution in [3.05, 3.63) is 127 Å². The number of carbonyl (C=O) groups excluding carboxylic acids is 1. The van der Waals surface area contributed by atoms with Crippen molar-refractivity contribution in [3.8, 4) is 0 Å². The van der Waals surface area contributed by atoms with Crippen LogP contribution in [0.2, 0.25) is 0 Å². The van der Waals surface area contributed by atoms with Gasteiger partial charge in [-0.05, 0) is 42.8 Å². The quantitative estimate of drug-likeness (QED) is 0.302. The summed E-state index contributed by atoms with van der Waals surface area (Å²) < 4.78 is 0. The number of Topliss-reactive ketones (excluding diaryl/α,β-unsaturated/α-hetero) is 1. The van der Waals surface area contributed by atoms with Crippen molar-refractivity contribution in [2.24, 2.45) is 0 Å². The Labute approximate surface area is 191 Å². The second-order valence-corrected chi connectivity index (χ2v) is 11.0. The third kappa shape index (κ3) is 5.13. The van der Waals surface area contributed by atoms with Crippen molar-refractivity contribution in [2.45, 2.75) is 12.8 Å². The molecule has 0 bridgehead atoms. The molecule has 0 aliphatic rings. The van der Waals surface area contributed by atoms with E-state index in [0.29, 0.717) is 6.42 Å². The maximum absolute atomic E-state index is 12.8. The lowest BCUT2D eigenvalue weighted by atomic mass is 10.1. The van der Waals surface area contributed by atoms with Crippen LogP contribution < -0.4 is 28.3 Å². The number of halogens is 1. The number of benzene rings is 4. The molecule has 0 spiro atoms. The fourth-order valence-corrected chi connectivity index (χ4v) is 8.47. The highest BCUT2D eigenvalue weighted by molar-refractivity contribution is 7.95. The number of rotatable bonds is 8. The molecule has 31 heavy (non-hydrogen) atoms. The van der Waals surface area contributed by atoms with E-state index in [2.05, 4.69) is 91.0 Å². The van der Waals surface area contributed by atoms with E-state index in [1.807, 2.05) is 30.3 Å². The molecule has 0 aromatic heterocycles. The second-order valence-electron chi connectivity index (χ2n) is 7.43. The molecule has 4 aromatic rings. The lowest BCUT2D eigenvalue weighted by Gasteiger charge is -2.27. The molecule has 4 aromatic carbocycles. The average molecular weight is 445 g/mol. The van der Waals surface area contributed by atoms with Crippen molar-refractivity contribution in [1.29, 1.82) is 0 Å². The maximum Gasteiger partial charge on any atom is 0.163 e. The Hall–Kier alpha value is -2.73. The van der Waals surface area contributed by atoms with Crippen LogP contribution in [0.25, 0.3) is 0 Å². The highest BCUT2D eigenvalue weighted by Gasteiger charge is 2.44. The number of hydrogen-bond donors (Lipinski definition) is 0. The first kappa shape index (κ1) is 22.9. The highest BCUT2D eigenvalue weighted by atomic mass is 35.5. The minimum absolute atomic E-state index is 0. The number of ketones is 1. The standard InChI is InChI=1S/C28H26OP.ClH/c29-28(24-14-5-1-6-15-24)22-13-23-30(25-16-7-2-8-17-25,26-18-9-3-10-19-26)27-20-11-4-12-21-27;/h1-12,14-21H,13,22-23H2;1H/q+1;/p-1. The molecule has 0 amide bonds. The van der Waals surface area contributed by atoms with Crippen LogP contribution in [0.5, 0.6) is 0 Å². The molecule has 156 valence electrons. The molecule has 0 N–H and O–H groups in total. The lowest BCUT2D eigenvalue weighted by Crippen LogP contribution is -3.00. The lowest BCUT2D eigenvalue weighted by molar-refractivity contribution is -0.0000138. The van der Waals surface area contributed by atoms with Crippen LogP contribution >= 0.6 is 7.26 Å². The van der Waals surface area contributed by atoms with Crippen molar-refractivity contribution < 1.29 is 17.2 Å². The van der Waals surface area contributed by atoms with Gasteiger partial charge in [0, 0.05) is 12.0 Å². The molecule has 4 rings (SSSR count). The zero-order valence-electron chi connectivity index (χ0n) is 17.4. The first-order valence-corrected chi connectivity index (χ1v) is 12.4. The van der Waals surface area contributed by atoms with Gasteiger partial charge in [0.2, 0.25) is 0 Å². The zero-order valence-corrected chi connectivity index (χ0v) is 19.1. The van der Waals surface area contributed by atoms with Gasteiger partial charge in [0.25, 0.3) is 0 Å². The molecule has 1 nitrogen and oxygen atoms in total. The van der Waals surface area contributed by atoms with Crippen LogP contribution in [0.4, 0.5) is 0 Å². The van der Waals surface area contributed by atoms with Crippen molar-refractivity contribution in [2.75, 3.05) is 6.16 Å². The van der Waals surface area contributed by atoms with Crippen molar-refractivity contribution in [1.82, 2.24) is 0 Å². The van der Waals surface area contributed by atoms with Gasteiger partial charge in [-0.1, -0.05) is 84.9 Å². The largest absolute Gasteiger partial charge is 1.00 e. The van der Waals surface area contributed by atoms with Crippen LogP contribution in [-0.2, 0) is 0 Å². The van der Waals surface area contributed by atoms with Gasteiger partial charge in [-0.2, -0.15) is 0 Å². The topological polar surface area (TPSA) is 17.1 Å². The average Bonchev–Trinajstić information content (AvgIpc) is 2.84. The van der Waals surface area contributed by atoms with Crippen LogP contribution in [0, 0.1) is 0 Å². The van der Waals surface area contributed by atoms with Crippen molar-refractivity contribution >= 4 is 29.0 Å². The molecule has 0 radical (unpaired) electrons. The Morgan fingerprint density at radius 1 is 0.548 bits per heavy atom. The molecular weight excluding hydrogens is 419 g/mol. The van der Waals surface area contributed by atoms with Gasteiger partial charge in [-0.15, -0.1) is 0 Å². The summed E-state index contributed by atoms with van der Waals surface area (Å²) in [6, 6.07) is 42.2. The first-order chi connectivity index (χ1) is 14.8. The molecule has 0 heterocycles. The smallest absolute Gasteiger partial charge is 0.163 e. The monoisotopic (exact) mass is 444 g/mol. The summed E-state index contributed by atoms with van der Waals surface area (Å²) in [4.78, 5) is 12.8. The molecule has 0 aliphatic heterocycles. The van der Waals surface area contributed by atoms with Gasteiger partial charge in [0.1, 0.15) is 23.2 Å². The van der Waals surface area contributed by atoms with Crippen LogP contribution in [0.15, 0.2) is 121 Å². The van der Waals surface area contributed by atoms with Crippen LogP contribution in [0.1, 0.15) is 23.2 Å². The number of carbonyl (C=O) groups is 1. The Balaban J connectivity index is 0.00000272. The molecule has 0 saturated heterocycles. The molecular formula is C28H26ClOP. The fourth-order valence-electron chi connectivity index (χ4n) is 4.13. The molecule has 0 unspecified atom stereocenters. The minimum atomic E-state index is -1.85. The summed E-state index contributed by atoms with van der Waals surface area (Å²) >= 11 is 0. The minimum Gasteiger partial charge on any atom is -1.00 e. The van der Waals surface area contributed by atoms with Gasteiger partial charge >= 0.3 is 0 Å². The Morgan fingerprint density at radius 2 is 0.903 bits per heavy atom. The summed E-state index contributed by atoms with van der Waals surface area (Å²) in [5, 5.41) is 4.11. The van der Waals surface area contributed by atoms with E-state index in [1.165, 1.54) is 15.9 Å². The predicted molar refractivity (Wildman–Crippen MR) is 130 cm³/mol. The SMILES string of the molecule is O=C(CCC[P+](c1ccccc1)(c1ccccc1)c1ccccc1)c1ccccc1.[Cl-]. The predicted octanol–water partition coefficient (Wildman–Crippen LogP) is 2.65. The third-order valence-electron chi connectivity index (χ3n) is 5.58. The van der Waals surface area contributed by atoms with Gasteiger partial charge < -0.3 is 12.4 Å². The normalized spacial score (nSPS) is 10.8. The van der Waals surface area contributed by atoms with Gasteiger partial charge in [0.15, 0.2) is 5.78 Å². The van der Waals surface area contributed by atoms with E-state index < -0.39 is 7.26 Å². The third-order valence-corrected chi connectivity index (χ3v) is 10.1. The molecule has 0 saturated carbocycles. The van der Waals surface area contributed by atoms with E-state index >= 15 is 0 Å². The summed E-state index contributed by atoms with van der Waals surface area (Å²) in [7, 11) is -1.85.